The van der Waals surface area contributed by atoms with Crippen molar-refractivity contribution in [3.05, 3.63) is 71.4 Å². The highest BCUT2D eigenvalue weighted by molar-refractivity contribution is 5.82. The molecular weight excluding hydrogens is 360 g/mol. The summed E-state index contributed by atoms with van der Waals surface area (Å²) in [5.74, 6) is 1.48. The molecule has 1 atom stereocenters. The first-order chi connectivity index (χ1) is 14.2. The number of rotatable bonds is 5. The molecule has 1 saturated heterocycles. The topological polar surface area (TPSA) is 58.0 Å². The second kappa shape index (κ2) is 7.48. The van der Waals surface area contributed by atoms with E-state index in [-0.39, 0.29) is 0 Å². The molecule has 5 rings (SSSR count). The van der Waals surface area contributed by atoms with Gasteiger partial charge in [-0.15, -0.1) is 0 Å². The number of benzene rings is 1. The van der Waals surface area contributed by atoms with Gasteiger partial charge in [0.15, 0.2) is 0 Å². The molecule has 1 aliphatic rings. The van der Waals surface area contributed by atoms with Gasteiger partial charge in [0.1, 0.15) is 5.76 Å². The van der Waals surface area contributed by atoms with Gasteiger partial charge in [-0.1, -0.05) is 23.4 Å². The number of nitrogens with zero attached hydrogens (tertiary/aromatic N) is 3. The number of aromatic amines is 1. The molecule has 0 bridgehead atoms. The SMILES string of the molecule is Cc1noc(C)c1-c1cccc(C[C@H]2CCN(Cc3cccc4[nH]ccc34)C2)n1. The monoisotopic (exact) mass is 386 g/mol. The van der Waals surface area contributed by atoms with E-state index in [1.165, 1.54) is 22.9 Å². The second-order valence-electron chi connectivity index (χ2n) is 8.16. The Morgan fingerprint density at radius 3 is 2.90 bits per heavy atom. The van der Waals surface area contributed by atoms with Crippen molar-refractivity contribution in [2.24, 2.45) is 5.92 Å². The normalized spacial score (nSPS) is 17.4. The molecule has 4 aromatic rings. The van der Waals surface area contributed by atoms with Crippen molar-refractivity contribution in [2.45, 2.75) is 33.2 Å². The van der Waals surface area contributed by atoms with Gasteiger partial charge in [-0.25, -0.2) is 0 Å². The maximum Gasteiger partial charge on any atom is 0.143 e. The molecular formula is C24H26N4O. The van der Waals surface area contributed by atoms with E-state index in [4.69, 9.17) is 9.51 Å². The van der Waals surface area contributed by atoms with Crippen molar-refractivity contribution < 1.29 is 4.52 Å². The van der Waals surface area contributed by atoms with Crippen LogP contribution in [0.1, 0.15) is 29.1 Å². The average molecular weight is 386 g/mol. The fourth-order valence-electron chi connectivity index (χ4n) is 4.63. The number of H-pyrrole nitrogens is 1. The van der Waals surface area contributed by atoms with Gasteiger partial charge in [-0.3, -0.25) is 9.88 Å². The summed E-state index contributed by atoms with van der Waals surface area (Å²) < 4.78 is 5.32. The van der Waals surface area contributed by atoms with Gasteiger partial charge < -0.3 is 9.51 Å². The van der Waals surface area contributed by atoms with E-state index in [0.717, 1.165) is 54.5 Å². The molecule has 1 aliphatic heterocycles. The van der Waals surface area contributed by atoms with E-state index in [9.17, 15) is 0 Å². The fourth-order valence-corrected chi connectivity index (χ4v) is 4.63. The number of hydrogen-bond acceptors (Lipinski definition) is 4. The van der Waals surface area contributed by atoms with Gasteiger partial charge in [0.2, 0.25) is 0 Å². The minimum atomic E-state index is 0.646. The van der Waals surface area contributed by atoms with E-state index in [1.54, 1.807) is 0 Å². The van der Waals surface area contributed by atoms with Crippen LogP contribution in [-0.4, -0.2) is 33.1 Å². The molecule has 5 heteroatoms. The van der Waals surface area contributed by atoms with Crippen molar-refractivity contribution in [3.63, 3.8) is 0 Å². The number of hydrogen-bond donors (Lipinski definition) is 1. The Bertz CT molecular complexity index is 1120. The van der Waals surface area contributed by atoms with Crippen LogP contribution in [0.3, 0.4) is 0 Å². The fraction of sp³-hybridized carbons (Fsp3) is 0.333. The smallest absolute Gasteiger partial charge is 0.143 e. The standard InChI is InChI=1S/C24H26N4O/c1-16-24(17(2)29-27-16)23-8-4-6-20(26-23)13-18-10-12-28(14-18)15-19-5-3-7-22-21(19)9-11-25-22/h3-9,11,18,25H,10,12-15H2,1-2H3/t18-/m1/s1. The summed E-state index contributed by atoms with van der Waals surface area (Å²) in [7, 11) is 0. The lowest BCUT2D eigenvalue weighted by Crippen LogP contribution is -2.20. The zero-order valence-electron chi connectivity index (χ0n) is 17.0. The summed E-state index contributed by atoms with van der Waals surface area (Å²) in [6.45, 7) is 7.20. The molecule has 3 aromatic heterocycles. The quantitative estimate of drug-likeness (QED) is 0.530. The van der Waals surface area contributed by atoms with Gasteiger partial charge in [-0.05, 0) is 69.0 Å². The zero-order chi connectivity index (χ0) is 19.8. The van der Waals surface area contributed by atoms with Crippen molar-refractivity contribution in [2.75, 3.05) is 13.1 Å². The van der Waals surface area contributed by atoms with Crippen LogP contribution < -0.4 is 0 Å². The van der Waals surface area contributed by atoms with Gasteiger partial charge in [-0.2, -0.15) is 0 Å². The Labute approximate surface area is 170 Å². The van der Waals surface area contributed by atoms with Crippen LogP contribution in [0.25, 0.3) is 22.2 Å². The first-order valence-corrected chi connectivity index (χ1v) is 10.3. The maximum absolute atomic E-state index is 5.32. The summed E-state index contributed by atoms with van der Waals surface area (Å²) >= 11 is 0. The van der Waals surface area contributed by atoms with Crippen molar-refractivity contribution >= 4 is 10.9 Å². The summed E-state index contributed by atoms with van der Waals surface area (Å²) in [5, 5.41) is 5.41. The minimum Gasteiger partial charge on any atom is -0.361 e. The third kappa shape index (κ3) is 3.58. The predicted molar refractivity (Wildman–Crippen MR) is 115 cm³/mol. The van der Waals surface area contributed by atoms with Crippen LogP contribution in [0.4, 0.5) is 0 Å². The van der Waals surface area contributed by atoms with E-state index in [1.807, 2.05) is 20.0 Å². The third-order valence-corrected chi connectivity index (χ3v) is 6.04. The van der Waals surface area contributed by atoms with Crippen LogP contribution >= 0.6 is 0 Å². The van der Waals surface area contributed by atoms with E-state index < -0.39 is 0 Å². The molecule has 0 amide bonds. The molecule has 148 valence electrons. The Morgan fingerprint density at radius 2 is 2.03 bits per heavy atom. The minimum absolute atomic E-state index is 0.646. The Hall–Kier alpha value is -2.92. The first kappa shape index (κ1) is 18.1. The predicted octanol–water partition coefficient (Wildman–Crippen LogP) is 4.90. The number of aryl methyl sites for hydroxylation is 2. The molecule has 0 radical (unpaired) electrons. The Kier molecular flexibility index (Phi) is 4.68. The van der Waals surface area contributed by atoms with Crippen LogP contribution in [-0.2, 0) is 13.0 Å². The molecule has 0 aliphatic carbocycles. The van der Waals surface area contributed by atoms with Crippen LogP contribution in [0.15, 0.2) is 53.2 Å². The molecule has 0 saturated carbocycles. The number of nitrogens with one attached hydrogen (secondary N) is 1. The third-order valence-electron chi connectivity index (χ3n) is 6.04. The summed E-state index contributed by atoms with van der Waals surface area (Å²) in [5.41, 5.74) is 6.67. The molecule has 1 aromatic carbocycles. The van der Waals surface area contributed by atoms with Crippen molar-refractivity contribution in [3.8, 4) is 11.3 Å². The molecule has 1 fully saturated rings. The van der Waals surface area contributed by atoms with Crippen molar-refractivity contribution in [1.29, 1.82) is 0 Å². The van der Waals surface area contributed by atoms with E-state index >= 15 is 0 Å². The van der Waals surface area contributed by atoms with Crippen LogP contribution in [0.2, 0.25) is 0 Å². The van der Waals surface area contributed by atoms with Gasteiger partial charge in [0, 0.05) is 35.9 Å². The van der Waals surface area contributed by atoms with E-state index in [0.29, 0.717) is 5.92 Å². The maximum atomic E-state index is 5.32. The number of likely N-dealkylation sites (tertiary alicyclic amines) is 1. The highest BCUT2D eigenvalue weighted by Gasteiger charge is 2.24. The second-order valence-corrected chi connectivity index (χ2v) is 8.16. The largest absolute Gasteiger partial charge is 0.361 e. The Balaban J connectivity index is 1.27. The van der Waals surface area contributed by atoms with Gasteiger partial charge in [0.25, 0.3) is 0 Å². The van der Waals surface area contributed by atoms with Crippen LogP contribution in [0.5, 0.6) is 0 Å². The molecule has 5 nitrogen and oxygen atoms in total. The zero-order valence-corrected chi connectivity index (χ0v) is 17.0. The van der Waals surface area contributed by atoms with Gasteiger partial charge in [0.05, 0.1) is 17.0 Å². The lowest BCUT2D eigenvalue weighted by molar-refractivity contribution is 0.317. The molecule has 4 heterocycles. The van der Waals surface area contributed by atoms with E-state index in [2.05, 4.69) is 57.5 Å². The molecule has 1 N–H and O–H groups in total. The van der Waals surface area contributed by atoms with Crippen molar-refractivity contribution in [1.82, 2.24) is 20.0 Å². The summed E-state index contributed by atoms with van der Waals surface area (Å²) in [6.07, 6.45) is 4.26. The summed E-state index contributed by atoms with van der Waals surface area (Å²) in [4.78, 5) is 10.8. The number of pyridine rings is 1. The highest BCUT2D eigenvalue weighted by Crippen LogP contribution is 2.28. The van der Waals surface area contributed by atoms with Crippen LogP contribution in [0, 0.1) is 19.8 Å². The lowest BCUT2D eigenvalue weighted by atomic mass is 10.0. The number of fused-ring (bicyclic) bond motifs is 1. The lowest BCUT2D eigenvalue weighted by Gasteiger charge is -2.17. The summed E-state index contributed by atoms with van der Waals surface area (Å²) in [6, 6.07) is 15.0. The Morgan fingerprint density at radius 1 is 1.14 bits per heavy atom. The van der Waals surface area contributed by atoms with Gasteiger partial charge >= 0.3 is 0 Å². The molecule has 0 unspecified atom stereocenters. The average Bonchev–Trinajstić information content (AvgIpc) is 3.43. The highest BCUT2D eigenvalue weighted by atomic mass is 16.5. The molecule has 0 spiro atoms. The molecule has 29 heavy (non-hydrogen) atoms. The first-order valence-electron chi connectivity index (χ1n) is 10.3. The number of aromatic nitrogens is 3.